The van der Waals surface area contributed by atoms with Crippen LogP contribution in [0.1, 0.15) is 27.0 Å². The van der Waals surface area contributed by atoms with Crippen LogP contribution in [0.5, 0.6) is 0 Å². The predicted octanol–water partition coefficient (Wildman–Crippen LogP) is 6.00. The van der Waals surface area contributed by atoms with Crippen LogP contribution in [-0.4, -0.2) is 5.91 Å². The Morgan fingerprint density at radius 2 is 1.04 bits per heavy atom. The number of halogens is 9. The van der Waals surface area contributed by atoms with Gasteiger partial charge in [-0.15, -0.1) is 0 Å². The van der Waals surface area contributed by atoms with Crippen molar-refractivity contribution in [3.05, 3.63) is 64.7 Å². The molecule has 2 aromatic carbocycles. The number of benzene rings is 2. The molecule has 11 heteroatoms. The molecule has 0 aliphatic rings. The van der Waals surface area contributed by atoms with Gasteiger partial charge in [0, 0.05) is 11.3 Å². The van der Waals surface area contributed by atoms with Gasteiger partial charge in [-0.3, -0.25) is 4.79 Å². The van der Waals surface area contributed by atoms with Gasteiger partial charge in [0.2, 0.25) is 0 Å². The molecule has 0 atom stereocenters. The van der Waals surface area contributed by atoms with E-state index in [1.54, 1.807) is 0 Å². The molecule has 0 radical (unpaired) electrons. The summed E-state index contributed by atoms with van der Waals surface area (Å²) in [5.41, 5.74) is -5.53. The fraction of sp³-hybridized carbons (Fsp3) is 0.188. The zero-order chi connectivity index (χ0) is 20.6. The Balaban J connectivity index is 2.34. The van der Waals surface area contributed by atoms with Gasteiger partial charge < -0.3 is 5.32 Å². The summed E-state index contributed by atoms with van der Waals surface area (Å²) >= 11 is 0. The van der Waals surface area contributed by atoms with Crippen LogP contribution in [-0.2, 0) is 18.5 Å². The molecule has 146 valence electrons. The summed E-state index contributed by atoms with van der Waals surface area (Å²) in [6.07, 6.45) is -14.9. The van der Waals surface area contributed by atoms with Crippen LogP contribution in [0.4, 0.5) is 45.2 Å². The largest absolute Gasteiger partial charge is 0.416 e. The molecule has 2 rings (SSSR count). The van der Waals surface area contributed by atoms with Crippen molar-refractivity contribution in [2.45, 2.75) is 18.5 Å². The maximum Gasteiger partial charge on any atom is 0.416 e. The lowest BCUT2D eigenvalue weighted by molar-refractivity contribution is -0.143. The second-order valence-corrected chi connectivity index (χ2v) is 5.32. The van der Waals surface area contributed by atoms with E-state index in [1.807, 2.05) is 5.32 Å². The summed E-state index contributed by atoms with van der Waals surface area (Å²) < 4.78 is 114. The molecule has 0 aromatic heterocycles. The SMILES string of the molecule is O=C(Nc1cc(C(F)(F)F)cc(C(F)(F)F)c1)c1ccc(C(F)(F)F)cc1. The summed E-state index contributed by atoms with van der Waals surface area (Å²) in [7, 11) is 0. The number of carbonyl (C=O) groups excluding carboxylic acids is 1. The van der Waals surface area contributed by atoms with Crippen LogP contribution in [0.25, 0.3) is 0 Å². The molecule has 0 aliphatic carbocycles. The third-order valence-corrected chi connectivity index (χ3v) is 3.32. The minimum atomic E-state index is -5.10. The highest BCUT2D eigenvalue weighted by atomic mass is 19.4. The highest BCUT2D eigenvalue weighted by Gasteiger charge is 2.37. The number of rotatable bonds is 2. The topological polar surface area (TPSA) is 29.1 Å². The average Bonchev–Trinajstić information content (AvgIpc) is 2.52. The van der Waals surface area contributed by atoms with Crippen LogP contribution in [0.3, 0.4) is 0 Å². The zero-order valence-corrected chi connectivity index (χ0v) is 12.9. The van der Waals surface area contributed by atoms with E-state index in [0.29, 0.717) is 12.1 Å². The van der Waals surface area contributed by atoms with Crippen LogP contribution in [0, 0.1) is 0 Å². The number of carbonyl (C=O) groups is 1. The molecular weight excluding hydrogens is 393 g/mol. The highest BCUT2D eigenvalue weighted by molar-refractivity contribution is 6.04. The number of hydrogen-bond donors (Lipinski definition) is 1. The van der Waals surface area contributed by atoms with Crippen molar-refractivity contribution in [3.63, 3.8) is 0 Å². The maximum atomic E-state index is 12.8. The van der Waals surface area contributed by atoms with Gasteiger partial charge in [0.1, 0.15) is 0 Å². The monoisotopic (exact) mass is 401 g/mol. The van der Waals surface area contributed by atoms with Gasteiger partial charge in [0.05, 0.1) is 16.7 Å². The first-order valence-electron chi connectivity index (χ1n) is 6.96. The van der Waals surface area contributed by atoms with Crippen molar-refractivity contribution in [1.82, 2.24) is 0 Å². The van der Waals surface area contributed by atoms with Gasteiger partial charge in [-0.05, 0) is 42.5 Å². The van der Waals surface area contributed by atoms with E-state index in [0.717, 1.165) is 12.1 Å². The van der Waals surface area contributed by atoms with E-state index in [4.69, 9.17) is 0 Å². The minimum Gasteiger partial charge on any atom is -0.322 e. The Hall–Kier alpha value is -2.72. The highest BCUT2D eigenvalue weighted by Crippen LogP contribution is 2.37. The van der Waals surface area contributed by atoms with E-state index in [1.165, 1.54) is 0 Å². The molecule has 0 saturated heterocycles. The summed E-state index contributed by atoms with van der Waals surface area (Å²) in [6, 6.07) is 3.07. The molecule has 2 nitrogen and oxygen atoms in total. The third kappa shape index (κ3) is 5.14. The Labute approximate surface area is 145 Å². The van der Waals surface area contributed by atoms with Gasteiger partial charge in [-0.1, -0.05) is 0 Å². The lowest BCUT2D eigenvalue weighted by Gasteiger charge is -2.15. The van der Waals surface area contributed by atoms with Gasteiger partial charge in [0.15, 0.2) is 0 Å². The summed E-state index contributed by atoms with van der Waals surface area (Å²) in [6.45, 7) is 0. The molecule has 0 saturated carbocycles. The molecule has 27 heavy (non-hydrogen) atoms. The van der Waals surface area contributed by atoms with Gasteiger partial charge in [-0.25, -0.2) is 0 Å². The smallest absolute Gasteiger partial charge is 0.322 e. The van der Waals surface area contributed by atoms with E-state index >= 15 is 0 Å². The van der Waals surface area contributed by atoms with E-state index in [2.05, 4.69) is 0 Å². The van der Waals surface area contributed by atoms with Crippen molar-refractivity contribution >= 4 is 11.6 Å². The second-order valence-electron chi connectivity index (χ2n) is 5.32. The Kier molecular flexibility index (Phi) is 5.17. The lowest BCUT2D eigenvalue weighted by atomic mass is 10.1. The molecule has 0 spiro atoms. The Morgan fingerprint density at radius 1 is 0.630 bits per heavy atom. The molecule has 2 aromatic rings. The molecule has 0 heterocycles. The van der Waals surface area contributed by atoms with Gasteiger partial charge in [0.25, 0.3) is 5.91 Å². The fourth-order valence-electron chi connectivity index (χ4n) is 2.04. The number of anilines is 1. The molecule has 1 N–H and O–H groups in total. The van der Waals surface area contributed by atoms with E-state index in [-0.39, 0.29) is 23.8 Å². The number of amides is 1. The summed E-state index contributed by atoms with van der Waals surface area (Å²) in [4.78, 5) is 11.9. The van der Waals surface area contributed by atoms with Crippen molar-refractivity contribution in [2.75, 3.05) is 5.32 Å². The quantitative estimate of drug-likeness (QED) is 0.615. The normalized spacial score (nSPS) is 12.8. The molecule has 0 unspecified atom stereocenters. The van der Waals surface area contributed by atoms with Crippen molar-refractivity contribution in [2.24, 2.45) is 0 Å². The summed E-state index contributed by atoms with van der Waals surface area (Å²) in [5, 5.41) is 1.82. The molecular formula is C16H8F9NO. The standard InChI is InChI=1S/C16H8F9NO/c17-14(18,19)9-3-1-8(2-4-9)13(27)26-12-6-10(15(20,21)22)5-11(7-12)16(23,24)25/h1-7H,(H,26,27). The lowest BCUT2D eigenvalue weighted by Crippen LogP contribution is -2.16. The van der Waals surface area contributed by atoms with Crippen LogP contribution in [0.2, 0.25) is 0 Å². The first-order chi connectivity index (χ1) is 12.2. The number of nitrogens with one attached hydrogen (secondary N) is 1. The summed E-state index contributed by atoms with van der Waals surface area (Å²) in [5.74, 6) is -1.17. The van der Waals surface area contributed by atoms with Gasteiger partial charge >= 0.3 is 18.5 Å². The number of alkyl halides is 9. The zero-order valence-electron chi connectivity index (χ0n) is 12.9. The van der Waals surface area contributed by atoms with Crippen LogP contribution < -0.4 is 5.32 Å². The first-order valence-corrected chi connectivity index (χ1v) is 6.96. The Bertz CT molecular complexity index is 801. The van der Waals surface area contributed by atoms with Crippen LogP contribution >= 0.6 is 0 Å². The minimum absolute atomic E-state index is 0.117. The maximum absolute atomic E-state index is 12.8. The third-order valence-electron chi connectivity index (χ3n) is 3.32. The van der Waals surface area contributed by atoms with E-state index < -0.39 is 46.8 Å². The van der Waals surface area contributed by atoms with Crippen molar-refractivity contribution < 1.29 is 44.3 Å². The Morgan fingerprint density at radius 3 is 1.41 bits per heavy atom. The predicted molar refractivity (Wildman–Crippen MR) is 75.8 cm³/mol. The fourth-order valence-corrected chi connectivity index (χ4v) is 2.04. The molecule has 1 amide bonds. The van der Waals surface area contributed by atoms with E-state index in [9.17, 15) is 44.3 Å². The van der Waals surface area contributed by atoms with Crippen molar-refractivity contribution in [1.29, 1.82) is 0 Å². The van der Waals surface area contributed by atoms with Gasteiger partial charge in [-0.2, -0.15) is 39.5 Å². The second kappa shape index (κ2) is 6.78. The molecule has 0 aliphatic heterocycles. The molecule has 0 bridgehead atoms. The molecule has 0 fully saturated rings. The van der Waals surface area contributed by atoms with Crippen molar-refractivity contribution in [3.8, 4) is 0 Å². The average molecular weight is 401 g/mol. The number of hydrogen-bond acceptors (Lipinski definition) is 1. The van der Waals surface area contributed by atoms with Crippen LogP contribution in [0.15, 0.2) is 42.5 Å². The first kappa shape index (κ1) is 20.6.